The summed E-state index contributed by atoms with van der Waals surface area (Å²) in [6.45, 7) is 4.72. The molecule has 10 aromatic carbocycles. The third kappa shape index (κ3) is 5.97. The molecule has 312 valence electrons. The predicted octanol–water partition coefficient (Wildman–Crippen LogP) is 17.5. The molecule has 3 heteroatoms. The van der Waals surface area contributed by atoms with Gasteiger partial charge in [-0.15, -0.1) is 0 Å². The lowest BCUT2D eigenvalue weighted by atomic mass is 9.82. The summed E-state index contributed by atoms with van der Waals surface area (Å²) < 4.78 is 8.79. The van der Waals surface area contributed by atoms with Crippen LogP contribution in [0.2, 0.25) is 0 Å². The molecular weight excluding hydrogens is 801 g/mol. The Balaban J connectivity index is 0.987. The van der Waals surface area contributed by atoms with E-state index in [1.54, 1.807) is 0 Å². The van der Waals surface area contributed by atoms with Crippen molar-refractivity contribution in [3.63, 3.8) is 0 Å². The summed E-state index contributed by atoms with van der Waals surface area (Å²) in [6.07, 6.45) is 0. The Hall–Kier alpha value is -8.40. The van der Waals surface area contributed by atoms with E-state index >= 15 is 0 Å². The van der Waals surface area contributed by atoms with Crippen molar-refractivity contribution in [2.45, 2.75) is 19.3 Å². The number of nitrogens with zero attached hydrogens (tertiary/aromatic N) is 2. The van der Waals surface area contributed by atoms with E-state index in [9.17, 15) is 0 Å². The Morgan fingerprint density at radius 1 is 0.364 bits per heavy atom. The molecule has 0 bridgehead atoms. The molecule has 1 aliphatic carbocycles. The number of benzene rings is 10. The summed E-state index contributed by atoms with van der Waals surface area (Å²) in [4.78, 5) is 2.46. The summed E-state index contributed by atoms with van der Waals surface area (Å²) in [5, 5.41) is 4.74. The highest BCUT2D eigenvalue weighted by Crippen LogP contribution is 2.52. The second-order valence-electron chi connectivity index (χ2n) is 18.1. The first kappa shape index (κ1) is 38.1. The average molecular weight is 845 g/mol. The SMILES string of the molecule is CC1(C)c2ccccc2-c2ccc(N(c3ccc(-c4ccc5c(c4)c4ccccc4n5-c4ccccc4)cc3)c3cc(-c4ccc5c(c4)oc4ccccc45)ccc3-c3ccccc3)cc21. The Kier molecular flexibility index (Phi) is 8.56. The number of furan rings is 1. The predicted molar refractivity (Wildman–Crippen MR) is 277 cm³/mol. The van der Waals surface area contributed by atoms with Gasteiger partial charge in [0.2, 0.25) is 0 Å². The van der Waals surface area contributed by atoms with Gasteiger partial charge in [0, 0.05) is 49.6 Å². The van der Waals surface area contributed by atoms with Gasteiger partial charge in [-0.1, -0.05) is 166 Å². The maximum Gasteiger partial charge on any atom is 0.136 e. The minimum Gasteiger partial charge on any atom is -0.456 e. The number of fused-ring (bicyclic) bond motifs is 9. The molecule has 12 aromatic rings. The largest absolute Gasteiger partial charge is 0.456 e. The van der Waals surface area contributed by atoms with Crippen LogP contribution < -0.4 is 4.90 Å². The third-order valence-electron chi connectivity index (χ3n) is 14.0. The number of hydrogen-bond donors (Lipinski definition) is 0. The van der Waals surface area contributed by atoms with Gasteiger partial charge in [-0.3, -0.25) is 0 Å². The molecule has 0 unspecified atom stereocenters. The van der Waals surface area contributed by atoms with E-state index < -0.39 is 0 Å². The fraction of sp³-hybridized carbons (Fsp3) is 0.0476. The van der Waals surface area contributed by atoms with Crippen molar-refractivity contribution >= 4 is 60.8 Å². The lowest BCUT2D eigenvalue weighted by Crippen LogP contribution is -2.17. The molecule has 0 saturated heterocycles. The van der Waals surface area contributed by atoms with E-state index in [4.69, 9.17) is 4.42 Å². The fourth-order valence-electron chi connectivity index (χ4n) is 10.7. The molecular formula is C63H44N2O. The molecule has 0 atom stereocenters. The molecule has 0 N–H and O–H groups in total. The van der Waals surface area contributed by atoms with Crippen LogP contribution in [0.5, 0.6) is 0 Å². The topological polar surface area (TPSA) is 21.3 Å². The molecule has 66 heavy (non-hydrogen) atoms. The van der Waals surface area contributed by atoms with Gasteiger partial charge in [-0.2, -0.15) is 0 Å². The first-order chi connectivity index (χ1) is 32.5. The minimum absolute atomic E-state index is 0.161. The van der Waals surface area contributed by atoms with Crippen molar-refractivity contribution in [2.75, 3.05) is 4.90 Å². The summed E-state index contributed by atoms with van der Waals surface area (Å²) in [5.41, 5.74) is 20.7. The zero-order valence-electron chi connectivity index (χ0n) is 36.7. The van der Waals surface area contributed by atoms with Crippen molar-refractivity contribution < 1.29 is 4.42 Å². The van der Waals surface area contributed by atoms with Crippen LogP contribution >= 0.6 is 0 Å². The number of hydrogen-bond acceptors (Lipinski definition) is 2. The third-order valence-corrected chi connectivity index (χ3v) is 14.0. The molecule has 0 aliphatic heterocycles. The van der Waals surface area contributed by atoms with Crippen LogP contribution in [0.4, 0.5) is 17.1 Å². The molecule has 0 saturated carbocycles. The highest BCUT2D eigenvalue weighted by Gasteiger charge is 2.36. The molecule has 0 amide bonds. The summed E-state index contributed by atoms with van der Waals surface area (Å²) in [5.74, 6) is 0. The second kappa shape index (κ2) is 14.8. The van der Waals surface area contributed by atoms with Crippen LogP contribution in [-0.4, -0.2) is 4.57 Å². The fourth-order valence-corrected chi connectivity index (χ4v) is 10.7. The van der Waals surface area contributed by atoms with Gasteiger partial charge < -0.3 is 13.9 Å². The normalized spacial score (nSPS) is 12.8. The lowest BCUT2D eigenvalue weighted by Gasteiger charge is -2.30. The summed E-state index contributed by atoms with van der Waals surface area (Å²) >= 11 is 0. The molecule has 0 spiro atoms. The number of rotatable bonds is 7. The smallest absolute Gasteiger partial charge is 0.136 e. The number of para-hydroxylation sites is 3. The zero-order chi connectivity index (χ0) is 43.9. The average Bonchev–Trinajstić information content (AvgIpc) is 3.99. The Morgan fingerprint density at radius 3 is 1.80 bits per heavy atom. The van der Waals surface area contributed by atoms with E-state index in [2.05, 4.69) is 242 Å². The van der Waals surface area contributed by atoms with Crippen molar-refractivity contribution in [2.24, 2.45) is 0 Å². The van der Waals surface area contributed by atoms with Crippen LogP contribution in [0, 0.1) is 0 Å². The molecule has 13 rings (SSSR count). The Morgan fingerprint density at radius 2 is 0.955 bits per heavy atom. The van der Waals surface area contributed by atoms with Crippen LogP contribution in [-0.2, 0) is 5.41 Å². The maximum atomic E-state index is 6.41. The van der Waals surface area contributed by atoms with Gasteiger partial charge >= 0.3 is 0 Å². The van der Waals surface area contributed by atoms with Crippen LogP contribution in [0.15, 0.2) is 235 Å². The molecule has 2 heterocycles. The highest BCUT2D eigenvalue weighted by molar-refractivity contribution is 6.11. The van der Waals surface area contributed by atoms with E-state index in [0.29, 0.717) is 0 Å². The van der Waals surface area contributed by atoms with E-state index in [0.717, 1.165) is 66.9 Å². The maximum absolute atomic E-state index is 6.41. The minimum atomic E-state index is -0.161. The highest BCUT2D eigenvalue weighted by atomic mass is 16.3. The van der Waals surface area contributed by atoms with Crippen molar-refractivity contribution in [1.29, 1.82) is 0 Å². The van der Waals surface area contributed by atoms with Crippen molar-refractivity contribution in [1.82, 2.24) is 4.57 Å². The number of aromatic nitrogens is 1. The number of anilines is 3. The Bertz CT molecular complexity index is 3840. The second-order valence-corrected chi connectivity index (χ2v) is 18.1. The van der Waals surface area contributed by atoms with Gasteiger partial charge in [-0.05, 0) is 129 Å². The molecule has 2 aromatic heterocycles. The molecule has 0 fully saturated rings. The van der Waals surface area contributed by atoms with E-state index in [-0.39, 0.29) is 5.41 Å². The van der Waals surface area contributed by atoms with Crippen molar-refractivity contribution in [3.8, 4) is 50.2 Å². The monoisotopic (exact) mass is 844 g/mol. The molecule has 1 aliphatic rings. The van der Waals surface area contributed by atoms with Gasteiger partial charge in [-0.25, -0.2) is 0 Å². The summed E-state index contributed by atoms with van der Waals surface area (Å²) in [6, 6.07) is 84.0. The lowest BCUT2D eigenvalue weighted by molar-refractivity contribution is 0.660. The molecule has 0 radical (unpaired) electrons. The van der Waals surface area contributed by atoms with Gasteiger partial charge in [0.15, 0.2) is 0 Å². The van der Waals surface area contributed by atoms with Gasteiger partial charge in [0.05, 0.1) is 16.7 Å². The first-order valence-electron chi connectivity index (χ1n) is 22.8. The van der Waals surface area contributed by atoms with E-state index in [1.807, 2.05) is 12.1 Å². The van der Waals surface area contributed by atoms with Gasteiger partial charge in [0.1, 0.15) is 11.2 Å². The zero-order valence-corrected chi connectivity index (χ0v) is 36.7. The quantitative estimate of drug-likeness (QED) is 0.159. The molecule has 3 nitrogen and oxygen atoms in total. The van der Waals surface area contributed by atoms with Crippen LogP contribution in [0.3, 0.4) is 0 Å². The first-order valence-corrected chi connectivity index (χ1v) is 22.8. The Labute approximate surface area is 384 Å². The van der Waals surface area contributed by atoms with Gasteiger partial charge in [0.25, 0.3) is 0 Å². The van der Waals surface area contributed by atoms with Crippen molar-refractivity contribution in [3.05, 3.63) is 242 Å². The van der Waals surface area contributed by atoms with Crippen LogP contribution in [0.1, 0.15) is 25.0 Å². The van der Waals surface area contributed by atoms with E-state index in [1.165, 1.54) is 55.2 Å². The summed E-state index contributed by atoms with van der Waals surface area (Å²) in [7, 11) is 0. The standard InChI is InChI=1S/C63H44N2O/c1-63(2)56-22-12-9-19-50(56)51-35-32-48(40-57(51)63)64(47-30-25-41(26-31-47)43-29-36-59-55(37-43)52-20-10-13-23-58(52)65(59)46-17-7-4-8-18-46)60-38-44(27-33-49(60)42-15-5-3-6-16-42)45-28-34-54-53-21-11-14-24-61(53)66-62(54)39-45/h3-40H,1-2H3. The van der Waals surface area contributed by atoms with Crippen LogP contribution in [0.25, 0.3) is 93.9 Å².